The number of amides is 1. The number of aryl methyl sites for hydroxylation is 1. The molecule has 1 amide bonds. The third-order valence-electron chi connectivity index (χ3n) is 6.98. The molecule has 220 valence electrons. The average molecular weight is 589 g/mol. The molecule has 0 fully saturated rings. The van der Waals surface area contributed by atoms with Gasteiger partial charge in [0.15, 0.2) is 0 Å². The van der Waals surface area contributed by atoms with E-state index in [0.717, 1.165) is 15.9 Å². The van der Waals surface area contributed by atoms with Crippen LogP contribution in [0.4, 0.5) is 4.39 Å². The fourth-order valence-corrected chi connectivity index (χ4v) is 5.80. The predicted molar refractivity (Wildman–Crippen MR) is 151 cm³/mol. The molecule has 0 aliphatic rings. The third kappa shape index (κ3) is 5.67. The monoisotopic (exact) mass is 588 g/mol. The van der Waals surface area contributed by atoms with E-state index in [1.165, 1.54) is 58.9 Å². The lowest BCUT2D eigenvalue weighted by Gasteiger charge is -2.27. The number of rotatable bonds is 11. The van der Waals surface area contributed by atoms with E-state index in [1.54, 1.807) is 14.0 Å². The predicted octanol–water partition coefficient (Wildman–Crippen LogP) is 2.44. The second-order valence-electron chi connectivity index (χ2n) is 9.79. The zero-order chi connectivity index (χ0) is 30.0. The van der Waals surface area contributed by atoms with Gasteiger partial charge < -0.3 is 19.5 Å². The lowest BCUT2D eigenvalue weighted by molar-refractivity contribution is -0.134. The summed E-state index contributed by atoms with van der Waals surface area (Å²) >= 11 is 1.13. The number of aliphatic hydroxyl groups excluding tert-OH is 1. The van der Waals surface area contributed by atoms with Crippen LogP contribution in [0, 0.1) is 12.7 Å². The van der Waals surface area contributed by atoms with Gasteiger partial charge in [-0.1, -0.05) is 11.3 Å². The number of thiophene rings is 1. The van der Waals surface area contributed by atoms with Gasteiger partial charge in [0, 0.05) is 24.2 Å². The summed E-state index contributed by atoms with van der Waals surface area (Å²) < 4.78 is 28.0. The van der Waals surface area contributed by atoms with Crippen LogP contribution in [-0.2, 0) is 16.1 Å². The fourth-order valence-electron chi connectivity index (χ4n) is 4.58. The van der Waals surface area contributed by atoms with Gasteiger partial charge in [-0.25, -0.2) is 13.8 Å². The summed E-state index contributed by atoms with van der Waals surface area (Å²) in [6.07, 6.45) is 2.02. The highest BCUT2D eigenvalue weighted by atomic mass is 32.1. The minimum absolute atomic E-state index is 0.109. The van der Waals surface area contributed by atoms with Crippen molar-refractivity contribution in [3.8, 4) is 10.8 Å². The zero-order valence-electron chi connectivity index (χ0n) is 23.7. The highest BCUT2D eigenvalue weighted by molar-refractivity contribution is 7.21. The first kappa shape index (κ1) is 30.1. The Morgan fingerprint density at radius 3 is 2.49 bits per heavy atom. The van der Waals surface area contributed by atoms with Crippen molar-refractivity contribution >= 4 is 27.5 Å². The Balaban J connectivity index is 2.00. The summed E-state index contributed by atoms with van der Waals surface area (Å²) in [4.78, 5) is 44.5. The van der Waals surface area contributed by atoms with Gasteiger partial charge in [0.2, 0.25) is 5.91 Å². The maximum atomic E-state index is 14.4. The highest BCUT2D eigenvalue weighted by Gasteiger charge is 2.30. The molecule has 4 rings (SSSR count). The van der Waals surface area contributed by atoms with E-state index >= 15 is 0 Å². The smallest absolute Gasteiger partial charge is 0.332 e. The maximum Gasteiger partial charge on any atom is 0.332 e. The lowest BCUT2D eigenvalue weighted by atomic mass is 10.1. The van der Waals surface area contributed by atoms with Crippen LogP contribution < -0.4 is 16.0 Å². The van der Waals surface area contributed by atoms with Crippen LogP contribution in [0.5, 0.6) is 5.75 Å². The number of methoxy groups -OCH3 is 1. The van der Waals surface area contributed by atoms with Crippen LogP contribution in [0.1, 0.15) is 44.0 Å². The molecule has 0 bridgehead atoms. The van der Waals surface area contributed by atoms with Crippen molar-refractivity contribution in [1.82, 2.24) is 29.0 Å². The number of ether oxygens (including phenoxy) is 2. The molecule has 3 aromatic heterocycles. The summed E-state index contributed by atoms with van der Waals surface area (Å²) in [5, 5.41) is 18.6. The van der Waals surface area contributed by atoms with E-state index in [-0.39, 0.29) is 31.2 Å². The summed E-state index contributed by atoms with van der Waals surface area (Å²) in [6.45, 7) is 6.28. The highest BCUT2D eigenvalue weighted by Crippen LogP contribution is 2.34. The minimum atomic E-state index is -1.12. The second kappa shape index (κ2) is 12.3. The molecule has 3 heterocycles. The number of aliphatic hydroxyl groups is 1. The van der Waals surface area contributed by atoms with E-state index in [1.807, 2.05) is 13.8 Å². The number of halogens is 1. The topological polar surface area (TPSA) is 134 Å². The summed E-state index contributed by atoms with van der Waals surface area (Å²) in [5.41, 5.74) is -0.524. The number of carbonyl (C=O) groups excluding carboxylic acids is 1. The maximum absolute atomic E-state index is 14.4. The first-order valence-corrected chi connectivity index (χ1v) is 13.8. The van der Waals surface area contributed by atoms with Crippen molar-refractivity contribution in [2.45, 2.75) is 52.4 Å². The number of carbonyl (C=O) groups is 1. The first-order chi connectivity index (χ1) is 19.5. The van der Waals surface area contributed by atoms with Gasteiger partial charge in [0.1, 0.15) is 33.5 Å². The van der Waals surface area contributed by atoms with E-state index < -0.39 is 35.1 Å². The van der Waals surface area contributed by atoms with Crippen LogP contribution in [0.15, 0.2) is 40.2 Å². The van der Waals surface area contributed by atoms with E-state index in [4.69, 9.17) is 9.47 Å². The molecule has 0 aliphatic heterocycles. The Morgan fingerprint density at radius 2 is 1.88 bits per heavy atom. The van der Waals surface area contributed by atoms with Gasteiger partial charge in [-0.15, -0.1) is 4.80 Å². The molecule has 4 aromatic rings. The molecule has 14 heteroatoms. The van der Waals surface area contributed by atoms with Crippen LogP contribution in [-0.4, -0.2) is 73.5 Å². The van der Waals surface area contributed by atoms with Gasteiger partial charge >= 0.3 is 5.69 Å². The number of benzene rings is 1. The molecule has 0 saturated carbocycles. The van der Waals surface area contributed by atoms with Crippen molar-refractivity contribution < 1.29 is 23.8 Å². The Morgan fingerprint density at radius 1 is 1.20 bits per heavy atom. The largest absolute Gasteiger partial charge is 0.496 e. The number of aromatic nitrogens is 5. The Hall–Kier alpha value is -3.88. The molecule has 0 radical (unpaired) electrons. The Kier molecular flexibility index (Phi) is 9.05. The lowest BCUT2D eigenvalue weighted by Crippen LogP contribution is -2.47. The molecule has 12 nitrogen and oxygen atoms in total. The van der Waals surface area contributed by atoms with E-state index in [9.17, 15) is 23.9 Å². The quantitative estimate of drug-likeness (QED) is 0.283. The summed E-state index contributed by atoms with van der Waals surface area (Å²) in [6, 6.07) is 2.63. The molecular formula is C27H33FN6O6S. The fraction of sp³-hybridized carbons (Fsp3) is 0.444. The van der Waals surface area contributed by atoms with Crippen LogP contribution in [0.3, 0.4) is 0 Å². The SMILES string of the molecule is COc1ccc(F)cc1C(Cn1c(=O)n(C(C)C(=O)N(C)C(C)C)c(=O)c2c(C)c(-n3nccn3)sc21)OCCO. The van der Waals surface area contributed by atoms with Crippen LogP contribution in [0.2, 0.25) is 0 Å². The minimum Gasteiger partial charge on any atom is -0.496 e. The number of hydrogen-bond acceptors (Lipinski definition) is 9. The van der Waals surface area contributed by atoms with Crippen molar-refractivity contribution in [3.05, 3.63) is 68.4 Å². The summed E-state index contributed by atoms with van der Waals surface area (Å²) in [5.74, 6) is -0.638. The Labute approximate surface area is 239 Å². The molecule has 41 heavy (non-hydrogen) atoms. The summed E-state index contributed by atoms with van der Waals surface area (Å²) in [7, 11) is 3.03. The molecule has 0 spiro atoms. The molecule has 2 unspecified atom stereocenters. The number of likely N-dealkylation sites (N-methyl/N-ethyl adjacent to an activating group) is 1. The van der Waals surface area contributed by atoms with Gasteiger partial charge in [-0.05, 0) is 45.9 Å². The molecular weight excluding hydrogens is 555 g/mol. The van der Waals surface area contributed by atoms with Crippen LogP contribution in [0.25, 0.3) is 15.2 Å². The van der Waals surface area contributed by atoms with Crippen LogP contribution >= 0.6 is 11.3 Å². The van der Waals surface area contributed by atoms with Crippen molar-refractivity contribution in [1.29, 1.82) is 0 Å². The second-order valence-corrected chi connectivity index (χ2v) is 10.8. The molecule has 0 aliphatic carbocycles. The molecule has 1 aromatic carbocycles. The molecule has 1 N–H and O–H groups in total. The molecule has 0 saturated heterocycles. The van der Waals surface area contributed by atoms with Gasteiger partial charge in [0.25, 0.3) is 5.56 Å². The van der Waals surface area contributed by atoms with Gasteiger partial charge in [0.05, 0.1) is 44.6 Å². The number of nitrogens with zero attached hydrogens (tertiary/aromatic N) is 6. The average Bonchev–Trinajstić information content (AvgIpc) is 3.60. The van der Waals surface area contributed by atoms with Crippen molar-refractivity contribution in [2.75, 3.05) is 27.4 Å². The standard InChI is InChI=1S/C27H33FN6O6S/c1-15(2)31(5)23(36)17(4)33-24(37)22-16(3)25(34-29-9-10-30-34)41-26(22)32(27(33)38)14-21(40-12-11-35)19-13-18(28)7-8-20(19)39-6/h7-10,13,15,17,21,35H,11-12,14H2,1-6H3. The number of fused-ring (bicyclic) bond motifs is 1. The number of hydrogen-bond donors (Lipinski definition) is 1. The Bertz CT molecular complexity index is 1660. The normalized spacial score (nSPS) is 13.1. The third-order valence-corrected chi connectivity index (χ3v) is 8.26. The van der Waals surface area contributed by atoms with Gasteiger partial charge in [-0.2, -0.15) is 10.2 Å². The van der Waals surface area contributed by atoms with Crippen molar-refractivity contribution in [3.63, 3.8) is 0 Å². The zero-order valence-corrected chi connectivity index (χ0v) is 24.5. The molecule has 2 atom stereocenters. The van der Waals surface area contributed by atoms with Gasteiger partial charge in [-0.3, -0.25) is 14.2 Å². The van der Waals surface area contributed by atoms with E-state index in [0.29, 0.717) is 26.7 Å². The first-order valence-electron chi connectivity index (χ1n) is 13.0. The van der Waals surface area contributed by atoms with Crippen molar-refractivity contribution in [2.24, 2.45) is 0 Å². The van der Waals surface area contributed by atoms with E-state index in [2.05, 4.69) is 10.2 Å².